The highest BCUT2D eigenvalue weighted by Crippen LogP contribution is 2.48. The molecule has 2 aliphatic carbocycles. The maximum absolute atomic E-state index is 12.8. The first-order valence-electron chi connectivity index (χ1n) is 3.57. The van der Waals surface area contributed by atoms with Crippen LogP contribution in [0.1, 0.15) is 0 Å². The monoisotopic (exact) mass is 182 g/mol. The van der Waals surface area contributed by atoms with Crippen LogP contribution in [-0.2, 0) is 4.79 Å². The second kappa shape index (κ2) is 2.27. The molecule has 1 unspecified atom stereocenters. The summed E-state index contributed by atoms with van der Waals surface area (Å²) in [5.41, 5.74) is 4.08. The molecule has 0 saturated heterocycles. The summed E-state index contributed by atoms with van der Waals surface area (Å²) in [6.45, 7) is 0. The van der Waals surface area contributed by atoms with Gasteiger partial charge in [-0.25, -0.2) is 0 Å². The van der Waals surface area contributed by atoms with Crippen molar-refractivity contribution in [2.24, 2.45) is 0 Å². The fraction of sp³-hybridized carbons (Fsp3) is 0.222. The molecule has 0 bridgehead atoms. The van der Waals surface area contributed by atoms with Gasteiger partial charge in [-0.3, -0.25) is 4.79 Å². The molecule has 1 atom stereocenters. The molecule has 1 fully saturated rings. The average molecular weight is 182 g/mol. The van der Waals surface area contributed by atoms with E-state index in [1.807, 2.05) is 0 Å². The molecule has 0 aromatic rings. The predicted molar refractivity (Wildman–Crippen MR) is 39.2 cm³/mol. The van der Waals surface area contributed by atoms with Crippen molar-refractivity contribution in [1.29, 1.82) is 0 Å². The summed E-state index contributed by atoms with van der Waals surface area (Å²) in [6, 6.07) is 0. The third-order valence-corrected chi connectivity index (χ3v) is 2.08. The fourth-order valence-electron chi connectivity index (χ4n) is 1.37. The molecule has 0 aromatic heterocycles. The van der Waals surface area contributed by atoms with Crippen molar-refractivity contribution in [1.82, 2.24) is 0 Å². The Balaban J connectivity index is 2.61. The number of alkyl halides is 2. The second-order valence-electron chi connectivity index (χ2n) is 2.80. The summed E-state index contributed by atoms with van der Waals surface area (Å²) in [4.78, 5) is 10.4. The van der Waals surface area contributed by atoms with Crippen molar-refractivity contribution >= 4 is 6.29 Å². The molecule has 2 aliphatic rings. The minimum Gasteiger partial charge on any atom is -0.382 e. The minimum atomic E-state index is -3.29. The Hall–Kier alpha value is -1.47. The lowest BCUT2D eigenvalue weighted by Gasteiger charge is -2.38. The van der Waals surface area contributed by atoms with Crippen LogP contribution in [0.25, 0.3) is 0 Å². The SMILES string of the molecule is O=CC1=C2C(=C=C=C1)C(F)(F)C2O. The number of aliphatic hydroxyl groups is 1. The predicted octanol–water partition coefficient (Wildman–Crippen LogP) is 0.742. The Kier molecular flexibility index (Phi) is 1.42. The van der Waals surface area contributed by atoms with Gasteiger partial charge in [0.25, 0.3) is 0 Å². The zero-order valence-electron chi connectivity index (χ0n) is 6.34. The van der Waals surface area contributed by atoms with Gasteiger partial charge in [-0.05, 0) is 6.08 Å². The van der Waals surface area contributed by atoms with Crippen LogP contribution < -0.4 is 0 Å². The number of halogens is 2. The molecule has 0 aromatic carbocycles. The van der Waals surface area contributed by atoms with Gasteiger partial charge in [-0.1, -0.05) is 11.5 Å². The first kappa shape index (κ1) is 8.14. The fourth-order valence-corrected chi connectivity index (χ4v) is 1.37. The van der Waals surface area contributed by atoms with Gasteiger partial charge in [0.05, 0.1) is 5.57 Å². The molecule has 4 heteroatoms. The van der Waals surface area contributed by atoms with E-state index in [4.69, 9.17) is 5.11 Å². The van der Waals surface area contributed by atoms with E-state index in [0.717, 1.165) is 0 Å². The maximum Gasteiger partial charge on any atom is 0.310 e. The van der Waals surface area contributed by atoms with Gasteiger partial charge >= 0.3 is 5.92 Å². The molecule has 0 aliphatic heterocycles. The number of rotatable bonds is 1. The lowest BCUT2D eigenvalue weighted by atomic mass is 9.75. The molecule has 2 nitrogen and oxygen atoms in total. The van der Waals surface area contributed by atoms with Crippen molar-refractivity contribution in [3.8, 4) is 0 Å². The standard InChI is InChI=1S/C9H4F2O2/c10-9(11)6-3-1-2-5(4-12)7(6)8(9)13/h2,4,8,13H. The van der Waals surface area contributed by atoms with Gasteiger partial charge in [-0.2, -0.15) is 8.78 Å². The van der Waals surface area contributed by atoms with Gasteiger partial charge < -0.3 is 5.11 Å². The van der Waals surface area contributed by atoms with Gasteiger partial charge in [-0.15, -0.1) is 0 Å². The van der Waals surface area contributed by atoms with Gasteiger partial charge in [0.1, 0.15) is 6.10 Å². The minimum absolute atomic E-state index is 0.0289. The molecule has 1 saturated carbocycles. The summed E-state index contributed by atoms with van der Waals surface area (Å²) < 4.78 is 25.6. The van der Waals surface area contributed by atoms with E-state index in [2.05, 4.69) is 11.5 Å². The number of aliphatic hydroxyl groups excluding tert-OH is 1. The smallest absolute Gasteiger partial charge is 0.310 e. The van der Waals surface area contributed by atoms with E-state index in [0.29, 0.717) is 6.29 Å². The van der Waals surface area contributed by atoms with E-state index in [1.165, 1.54) is 6.08 Å². The Bertz CT molecular complexity index is 419. The zero-order valence-corrected chi connectivity index (χ0v) is 6.34. The molecule has 0 spiro atoms. The number of carbonyl (C=O) groups is 1. The molecule has 13 heavy (non-hydrogen) atoms. The molecule has 2 rings (SSSR count). The topological polar surface area (TPSA) is 37.3 Å². The van der Waals surface area contributed by atoms with Crippen molar-refractivity contribution in [3.63, 3.8) is 0 Å². The molecule has 66 valence electrons. The lowest BCUT2D eigenvalue weighted by molar-refractivity contribution is -0.106. The lowest BCUT2D eigenvalue weighted by Crippen LogP contribution is -2.49. The first-order chi connectivity index (χ1) is 6.09. The third-order valence-electron chi connectivity index (χ3n) is 2.08. The Morgan fingerprint density at radius 3 is 2.92 bits per heavy atom. The van der Waals surface area contributed by atoms with Crippen LogP contribution in [0.2, 0.25) is 0 Å². The quantitative estimate of drug-likeness (QED) is 0.479. The zero-order chi connectivity index (χ0) is 9.64. The summed E-state index contributed by atoms with van der Waals surface area (Å²) >= 11 is 0. The highest BCUT2D eigenvalue weighted by atomic mass is 19.3. The van der Waals surface area contributed by atoms with Crippen molar-refractivity contribution in [3.05, 3.63) is 34.3 Å². The van der Waals surface area contributed by atoms with Crippen LogP contribution in [0, 0.1) is 0 Å². The summed E-state index contributed by atoms with van der Waals surface area (Å²) in [5.74, 6) is -3.29. The molecule has 1 N–H and O–H groups in total. The number of aldehydes is 1. The van der Waals surface area contributed by atoms with Gasteiger partial charge in [0, 0.05) is 11.1 Å². The normalized spacial score (nSPS) is 27.9. The number of allylic oxidation sites excluding steroid dienone is 2. The van der Waals surface area contributed by atoms with Crippen molar-refractivity contribution in [2.75, 3.05) is 0 Å². The number of hydrogen-bond donors (Lipinski definition) is 1. The van der Waals surface area contributed by atoms with E-state index >= 15 is 0 Å². The largest absolute Gasteiger partial charge is 0.382 e. The van der Waals surface area contributed by atoms with Crippen LogP contribution >= 0.6 is 0 Å². The summed E-state index contributed by atoms with van der Waals surface area (Å²) in [6.07, 6.45) is -0.236. The summed E-state index contributed by atoms with van der Waals surface area (Å²) in [5, 5.41) is 9.00. The van der Waals surface area contributed by atoms with E-state index < -0.39 is 17.6 Å². The maximum atomic E-state index is 12.8. The van der Waals surface area contributed by atoms with Crippen molar-refractivity contribution in [2.45, 2.75) is 12.0 Å². The Morgan fingerprint density at radius 2 is 2.31 bits per heavy atom. The molecular formula is C9H4F2O2. The van der Waals surface area contributed by atoms with Crippen LogP contribution in [0.15, 0.2) is 34.3 Å². The van der Waals surface area contributed by atoms with Crippen LogP contribution in [-0.4, -0.2) is 23.4 Å². The van der Waals surface area contributed by atoms with E-state index in [9.17, 15) is 13.6 Å². The van der Waals surface area contributed by atoms with Crippen LogP contribution in [0.5, 0.6) is 0 Å². The van der Waals surface area contributed by atoms with Gasteiger partial charge in [0.2, 0.25) is 0 Å². The number of hydrogen-bond acceptors (Lipinski definition) is 2. The summed E-state index contributed by atoms with van der Waals surface area (Å²) in [7, 11) is 0. The highest BCUT2D eigenvalue weighted by Gasteiger charge is 2.58. The number of fused-ring (bicyclic) bond motifs is 1. The van der Waals surface area contributed by atoms with Crippen LogP contribution in [0.4, 0.5) is 8.78 Å². The van der Waals surface area contributed by atoms with Crippen molar-refractivity contribution < 1.29 is 18.7 Å². The van der Waals surface area contributed by atoms with E-state index in [1.54, 1.807) is 0 Å². The highest BCUT2D eigenvalue weighted by molar-refractivity contribution is 5.83. The van der Waals surface area contributed by atoms with E-state index in [-0.39, 0.29) is 11.1 Å². The van der Waals surface area contributed by atoms with Gasteiger partial charge in [0.15, 0.2) is 6.29 Å². The molecule has 0 amide bonds. The van der Waals surface area contributed by atoms with Crippen LogP contribution in [0.3, 0.4) is 0 Å². The Morgan fingerprint density at radius 1 is 1.62 bits per heavy atom. The number of carbonyl (C=O) groups excluding carboxylic acids is 1. The second-order valence-corrected chi connectivity index (χ2v) is 2.80. The first-order valence-corrected chi connectivity index (χ1v) is 3.57. The average Bonchev–Trinajstić information content (AvgIpc) is 2.16. The Labute approximate surface area is 72.2 Å². The molecule has 0 heterocycles. The molecular weight excluding hydrogens is 178 g/mol. The molecule has 0 radical (unpaired) electrons. The third kappa shape index (κ3) is 0.822.